The zero-order valence-electron chi connectivity index (χ0n) is 16.3. The van der Waals surface area contributed by atoms with Crippen molar-refractivity contribution in [2.75, 3.05) is 24.6 Å². The van der Waals surface area contributed by atoms with E-state index in [0.717, 1.165) is 32.9 Å². The molecule has 2 N–H and O–H groups in total. The number of hydrogen-bond acceptors (Lipinski definition) is 8. The van der Waals surface area contributed by atoms with Gasteiger partial charge in [-0.2, -0.15) is 4.98 Å². The molecule has 30 heavy (non-hydrogen) atoms. The van der Waals surface area contributed by atoms with Gasteiger partial charge in [-0.05, 0) is 31.9 Å². The van der Waals surface area contributed by atoms with E-state index in [1.807, 2.05) is 0 Å². The van der Waals surface area contributed by atoms with E-state index < -0.39 is 18.6 Å². The summed E-state index contributed by atoms with van der Waals surface area (Å²) in [6, 6.07) is 4.49. The molecule has 10 heteroatoms. The Bertz CT molecular complexity index is 1030. The monoisotopic (exact) mass is 420 g/mol. The van der Waals surface area contributed by atoms with Crippen LogP contribution in [0.5, 0.6) is 5.75 Å². The number of halogens is 2. The summed E-state index contributed by atoms with van der Waals surface area (Å²) in [6.45, 7) is 1.99. The van der Waals surface area contributed by atoms with Crippen LogP contribution in [0.3, 0.4) is 0 Å². The standard InChI is InChI=1S/C20H22F2N4O4/c1-20(27,18(21)22)10-29-14-5-4-13(17-23-6-7-28-17)16-15(14)25-19(30-16)26-8-11-2-3-12(9-26)24-11/h4-7,11-12,18,24,27H,2-3,8-10H2,1H3. The van der Waals surface area contributed by atoms with E-state index in [1.54, 1.807) is 12.1 Å². The average Bonchev–Trinajstić information content (AvgIpc) is 3.46. The van der Waals surface area contributed by atoms with Gasteiger partial charge >= 0.3 is 0 Å². The third-order valence-electron chi connectivity index (χ3n) is 5.64. The van der Waals surface area contributed by atoms with Gasteiger partial charge in [-0.3, -0.25) is 0 Å². The molecule has 8 nitrogen and oxygen atoms in total. The number of rotatable bonds is 6. The third kappa shape index (κ3) is 3.39. The number of nitrogens with zero attached hydrogens (tertiary/aromatic N) is 3. The van der Waals surface area contributed by atoms with Gasteiger partial charge in [-0.15, -0.1) is 0 Å². The molecule has 0 saturated carbocycles. The van der Waals surface area contributed by atoms with Crippen molar-refractivity contribution in [3.8, 4) is 17.2 Å². The van der Waals surface area contributed by atoms with E-state index in [-0.39, 0.29) is 5.75 Å². The lowest BCUT2D eigenvalue weighted by atomic mass is 10.1. The summed E-state index contributed by atoms with van der Waals surface area (Å²) in [5.74, 6) is 0.601. The summed E-state index contributed by atoms with van der Waals surface area (Å²) in [4.78, 5) is 10.9. The summed E-state index contributed by atoms with van der Waals surface area (Å²) in [6.07, 6.45) is 2.26. The maximum absolute atomic E-state index is 13.0. The van der Waals surface area contributed by atoms with Gasteiger partial charge in [-0.1, -0.05) is 0 Å². The van der Waals surface area contributed by atoms with Gasteiger partial charge in [0.25, 0.3) is 12.4 Å². The van der Waals surface area contributed by atoms with Crippen molar-refractivity contribution < 1.29 is 27.5 Å². The molecule has 0 aliphatic carbocycles. The average molecular weight is 420 g/mol. The topological polar surface area (TPSA) is 96.8 Å². The number of anilines is 1. The number of hydrogen-bond donors (Lipinski definition) is 2. The van der Waals surface area contributed by atoms with E-state index in [1.165, 1.54) is 12.5 Å². The molecule has 2 bridgehead atoms. The second-order valence-corrected chi connectivity index (χ2v) is 8.11. The van der Waals surface area contributed by atoms with Gasteiger partial charge in [0.1, 0.15) is 18.6 Å². The van der Waals surface area contributed by atoms with Crippen molar-refractivity contribution in [3.05, 3.63) is 24.6 Å². The second-order valence-electron chi connectivity index (χ2n) is 8.11. The van der Waals surface area contributed by atoms with Crippen LogP contribution in [-0.2, 0) is 0 Å². The number of oxazole rings is 2. The highest BCUT2D eigenvalue weighted by atomic mass is 19.3. The fourth-order valence-electron chi connectivity index (χ4n) is 3.99. The normalized spacial score (nSPS) is 23.3. The smallest absolute Gasteiger partial charge is 0.298 e. The van der Waals surface area contributed by atoms with Crippen LogP contribution in [0.4, 0.5) is 14.8 Å². The molecule has 0 amide bonds. The Morgan fingerprint density at radius 3 is 2.77 bits per heavy atom. The Kier molecular flexibility index (Phi) is 4.62. The Labute approximate surface area is 170 Å². The van der Waals surface area contributed by atoms with Crippen LogP contribution in [0.1, 0.15) is 19.8 Å². The number of piperazine rings is 1. The highest BCUT2D eigenvalue weighted by molar-refractivity contribution is 5.92. The van der Waals surface area contributed by atoms with E-state index in [0.29, 0.717) is 40.7 Å². The highest BCUT2D eigenvalue weighted by Crippen LogP contribution is 2.38. The van der Waals surface area contributed by atoms with Crippen LogP contribution in [0, 0.1) is 0 Å². The molecule has 2 fully saturated rings. The first-order valence-corrected chi connectivity index (χ1v) is 9.88. The molecule has 2 aromatic heterocycles. The summed E-state index contributed by atoms with van der Waals surface area (Å²) >= 11 is 0. The van der Waals surface area contributed by atoms with Gasteiger partial charge in [0.15, 0.2) is 16.7 Å². The number of aromatic nitrogens is 2. The summed E-state index contributed by atoms with van der Waals surface area (Å²) in [5, 5.41) is 13.4. The van der Waals surface area contributed by atoms with Crippen LogP contribution >= 0.6 is 0 Å². The predicted molar refractivity (Wildman–Crippen MR) is 104 cm³/mol. The Morgan fingerprint density at radius 1 is 1.33 bits per heavy atom. The first-order valence-electron chi connectivity index (χ1n) is 9.88. The third-order valence-corrected chi connectivity index (χ3v) is 5.64. The van der Waals surface area contributed by atoms with E-state index in [2.05, 4.69) is 20.2 Å². The summed E-state index contributed by atoms with van der Waals surface area (Å²) in [7, 11) is 0. The first kappa shape index (κ1) is 19.3. The quantitative estimate of drug-likeness (QED) is 0.629. The molecule has 5 rings (SSSR count). The van der Waals surface area contributed by atoms with Crippen molar-refractivity contribution in [3.63, 3.8) is 0 Å². The molecule has 1 aromatic carbocycles. The maximum atomic E-state index is 13.0. The zero-order chi connectivity index (χ0) is 20.9. The second kappa shape index (κ2) is 7.21. The van der Waals surface area contributed by atoms with E-state index in [9.17, 15) is 13.9 Å². The lowest BCUT2D eigenvalue weighted by Gasteiger charge is -2.31. The minimum Gasteiger partial charge on any atom is -0.488 e. The maximum Gasteiger partial charge on any atom is 0.298 e. The molecule has 2 aliphatic heterocycles. The van der Waals surface area contributed by atoms with E-state index in [4.69, 9.17) is 13.6 Å². The molecule has 3 aromatic rings. The van der Waals surface area contributed by atoms with Gasteiger partial charge < -0.3 is 28.9 Å². The molecule has 2 aliphatic rings. The minimum atomic E-state index is -2.94. The summed E-state index contributed by atoms with van der Waals surface area (Å²) in [5.41, 5.74) is -0.929. The van der Waals surface area contributed by atoms with Crippen molar-refractivity contribution in [1.82, 2.24) is 15.3 Å². The van der Waals surface area contributed by atoms with Crippen molar-refractivity contribution in [2.45, 2.75) is 43.9 Å². The number of alkyl halides is 2. The Hall–Kier alpha value is -2.72. The molecule has 4 heterocycles. The fraction of sp³-hybridized carbons (Fsp3) is 0.500. The van der Waals surface area contributed by atoms with Gasteiger partial charge in [0.2, 0.25) is 5.89 Å². The highest BCUT2D eigenvalue weighted by Gasteiger charge is 2.36. The molecular weight excluding hydrogens is 398 g/mol. The van der Waals surface area contributed by atoms with Crippen molar-refractivity contribution >= 4 is 17.1 Å². The lowest BCUT2D eigenvalue weighted by molar-refractivity contribution is -0.105. The molecule has 160 valence electrons. The van der Waals surface area contributed by atoms with Crippen molar-refractivity contribution in [1.29, 1.82) is 0 Å². The molecular formula is C20H22F2N4O4. The molecule has 2 saturated heterocycles. The first-order chi connectivity index (χ1) is 14.4. The zero-order valence-corrected chi connectivity index (χ0v) is 16.3. The number of ether oxygens (including phenoxy) is 1. The Morgan fingerprint density at radius 2 is 2.10 bits per heavy atom. The Balaban J connectivity index is 1.53. The molecule has 0 spiro atoms. The minimum absolute atomic E-state index is 0.245. The van der Waals surface area contributed by atoms with Crippen LogP contribution in [0.25, 0.3) is 22.6 Å². The fourth-order valence-corrected chi connectivity index (χ4v) is 3.99. The van der Waals surface area contributed by atoms with Crippen LogP contribution in [0.15, 0.2) is 33.4 Å². The predicted octanol–water partition coefficient (Wildman–Crippen LogP) is 2.82. The number of aliphatic hydroxyl groups is 1. The summed E-state index contributed by atoms with van der Waals surface area (Å²) < 4.78 is 43.1. The van der Waals surface area contributed by atoms with Crippen molar-refractivity contribution in [2.24, 2.45) is 0 Å². The van der Waals surface area contributed by atoms with Crippen LogP contribution < -0.4 is 15.0 Å². The largest absolute Gasteiger partial charge is 0.488 e. The SMILES string of the molecule is CC(O)(COc1ccc(-c2ncco2)c2oc(N3CC4CCC(C3)N4)nc12)C(F)F. The number of fused-ring (bicyclic) bond motifs is 3. The van der Waals surface area contributed by atoms with Gasteiger partial charge in [0, 0.05) is 25.2 Å². The number of nitrogens with one attached hydrogen (secondary N) is 1. The molecule has 3 atom stereocenters. The van der Waals surface area contributed by atoms with Gasteiger partial charge in [0.05, 0.1) is 11.8 Å². The van der Waals surface area contributed by atoms with E-state index >= 15 is 0 Å². The molecule has 3 unspecified atom stereocenters. The van der Waals surface area contributed by atoms with Gasteiger partial charge in [-0.25, -0.2) is 13.8 Å². The molecule has 0 radical (unpaired) electrons. The lowest BCUT2D eigenvalue weighted by Crippen LogP contribution is -2.51. The number of benzene rings is 1. The van der Waals surface area contributed by atoms with Crippen LogP contribution in [-0.4, -0.2) is 58.9 Å². The van der Waals surface area contributed by atoms with Crippen LogP contribution in [0.2, 0.25) is 0 Å².